The van der Waals surface area contributed by atoms with Gasteiger partial charge in [0, 0.05) is 18.7 Å². The van der Waals surface area contributed by atoms with Crippen LogP contribution in [0, 0.1) is 0 Å². The Morgan fingerprint density at radius 3 is 1.88 bits per heavy atom. The van der Waals surface area contributed by atoms with Crippen LogP contribution in [-0.4, -0.2) is 59.0 Å². The molecule has 5 rings (SSSR count). The van der Waals surface area contributed by atoms with Crippen molar-refractivity contribution in [1.29, 1.82) is 0 Å². The topological polar surface area (TPSA) is 62.0 Å². The quantitative estimate of drug-likeness (QED) is 0.298. The summed E-state index contributed by atoms with van der Waals surface area (Å²) in [4.78, 5) is 0. The average molecular weight is 449 g/mol. The predicted octanol–water partition coefficient (Wildman–Crippen LogP) is 4.60. The molecule has 0 aliphatic carbocycles. The van der Waals surface area contributed by atoms with Gasteiger partial charge in [-0.05, 0) is 41.0 Å². The van der Waals surface area contributed by atoms with E-state index in [9.17, 15) is 0 Å². The summed E-state index contributed by atoms with van der Waals surface area (Å²) in [5, 5.41) is 0. The largest absolute Gasteiger partial charge is 0.491 e. The maximum absolute atomic E-state index is 6.08. The molecule has 2 heterocycles. The second kappa shape index (κ2) is 10.3. The number of methoxy groups -OCH3 is 1. The van der Waals surface area contributed by atoms with E-state index in [0.717, 1.165) is 52.7 Å². The second-order valence-electron chi connectivity index (χ2n) is 8.13. The van der Waals surface area contributed by atoms with Gasteiger partial charge >= 0.3 is 0 Å². The van der Waals surface area contributed by atoms with E-state index in [1.54, 1.807) is 7.11 Å². The molecule has 2 atom stereocenters. The molecule has 3 aromatic rings. The van der Waals surface area contributed by atoms with Gasteiger partial charge in [-0.3, -0.25) is 0 Å². The van der Waals surface area contributed by atoms with Crippen LogP contribution in [0.1, 0.15) is 0 Å². The Labute approximate surface area is 193 Å². The van der Waals surface area contributed by atoms with E-state index in [1.165, 1.54) is 0 Å². The molecule has 6 nitrogen and oxygen atoms in total. The summed E-state index contributed by atoms with van der Waals surface area (Å²) in [6.07, 6.45) is 0.441. The van der Waals surface area contributed by atoms with Gasteiger partial charge in [-0.1, -0.05) is 36.4 Å². The Bertz CT molecular complexity index is 1040. The number of hydrogen-bond donors (Lipinski definition) is 0. The molecule has 0 aromatic heterocycles. The van der Waals surface area contributed by atoms with Crippen LogP contribution in [0.3, 0.4) is 0 Å². The summed E-state index contributed by atoms with van der Waals surface area (Å²) in [6, 6.07) is 22.6. The third kappa shape index (κ3) is 6.05. The highest BCUT2D eigenvalue weighted by atomic mass is 16.6. The third-order valence-corrected chi connectivity index (χ3v) is 5.56. The van der Waals surface area contributed by atoms with E-state index in [1.807, 2.05) is 30.3 Å². The number of epoxide rings is 2. The Morgan fingerprint density at radius 1 is 0.667 bits per heavy atom. The normalized spacial score (nSPS) is 18.6. The molecule has 2 aliphatic rings. The van der Waals surface area contributed by atoms with E-state index in [2.05, 4.69) is 36.4 Å². The SMILES string of the molecule is COCCOc1ccc(-c2ccc(-c3ccc(OCC4CO4)cc3)cc2)c(OCC2CO2)c1. The fourth-order valence-corrected chi connectivity index (χ4v) is 3.48. The zero-order chi connectivity index (χ0) is 22.5. The smallest absolute Gasteiger partial charge is 0.130 e. The lowest BCUT2D eigenvalue weighted by Gasteiger charge is -2.14. The van der Waals surface area contributed by atoms with Gasteiger partial charge in [-0.15, -0.1) is 0 Å². The molecule has 0 radical (unpaired) electrons. The average Bonchev–Trinajstić information content (AvgIpc) is 3.78. The Kier molecular flexibility index (Phi) is 6.76. The van der Waals surface area contributed by atoms with Crippen LogP contribution in [0.15, 0.2) is 66.7 Å². The zero-order valence-corrected chi connectivity index (χ0v) is 18.7. The van der Waals surface area contributed by atoms with Crippen LogP contribution >= 0.6 is 0 Å². The third-order valence-electron chi connectivity index (χ3n) is 5.56. The lowest BCUT2D eigenvalue weighted by molar-refractivity contribution is 0.146. The van der Waals surface area contributed by atoms with E-state index in [4.69, 9.17) is 28.4 Å². The maximum atomic E-state index is 6.08. The van der Waals surface area contributed by atoms with Crippen molar-refractivity contribution in [3.63, 3.8) is 0 Å². The molecule has 3 aromatic carbocycles. The molecule has 0 spiro atoms. The summed E-state index contributed by atoms with van der Waals surface area (Å²) < 4.78 is 33.1. The van der Waals surface area contributed by atoms with Crippen molar-refractivity contribution in [2.75, 3.05) is 46.8 Å². The molecule has 0 bridgehead atoms. The molecule has 0 N–H and O–H groups in total. The van der Waals surface area contributed by atoms with E-state index < -0.39 is 0 Å². The minimum absolute atomic E-state index is 0.182. The molecule has 33 heavy (non-hydrogen) atoms. The van der Waals surface area contributed by atoms with Crippen molar-refractivity contribution in [2.45, 2.75) is 12.2 Å². The van der Waals surface area contributed by atoms with E-state index in [0.29, 0.717) is 26.4 Å². The Hall–Kier alpha value is -3.06. The zero-order valence-electron chi connectivity index (χ0n) is 18.7. The number of hydrogen-bond acceptors (Lipinski definition) is 6. The van der Waals surface area contributed by atoms with Gasteiger partial charge in [-0.2, -0.15) is 0 Å². The maximum Gasteiger partial charge on any atom is 0.130 e. The summed E-state index contributed by atoms with van der Waals surface area (Å²) in [7, 11) is 1.66. The molecule has 0 amide bonds. The molecule has 0 saturated carbocycles. The van der Waals surface area contributed by atoms with Crippen molar-refractivity contribution in [3.05, 3.63) is 66.7 Å². The van der Waals surface area contributed by atoms with Crippen LogP contribution in [-0.2, 0) is 14.2 Å². The van der Waals surface area contributed by atoms with Crippen LogP contribution in [0.4, 0.5) is 0 Å². The first-order chi connectivity index (χ1) is 16.3. The molecule has 2 unspecified atom stereocenters. The minimum Gasteiger partial charge on any atom is -0.491 e. The van der Waals surface area contributed by atoms with Crippen molar-refractivity contribution in [1.82, 2.24) is 0 Å². The van der Waals surface area contributed by atoms with Crippen molar-refractivity contribution < 1.29 is 28.4 Å². The highest BCUT2D eigenvalue weighted by Crippen LogP contribution is 2.35. The summed E-state index contributed by atoms with van der Waals surface area (Å²) in [5.74, 6) is 2.41. The Morgan fingerprint density at radius 2 is 1.24 bits per heavy atom. The molecule has 6 heteroatoms. The van der Waals surface area contributed by atoms with Crippen molar-refractivity contribution in [3.8, 4) is 39.5 Å². The van der Waals surface area contributed by atoms with E-state index in [-0.39, 0.29) is 12.2 Å². The fourth-order valence-electron chi connectivity index (χ4n) is 3.48. The summed E-state index contributed by atoms with van der Waals surface area (Å²) >= 11 is 0. The second-order valence-corrected chi connectivity index (χ2v) is 8.13. The molecule has 2 saturated heterocycles. The number of rotatable bonds is 12. The molecular formula is C27H28O6. The highest BCUT2D eigenvalue weighted by Gasteiger charge is 2.24. The van der Waals surface area contributed by atoms with E-state index >= 15 is 0 Å². The predicted molar refractivity (Wildman–Crippen MR) is 125 cm³/mol. The first-order valence-corrected chi connectivity index (χ1v) is 11.2. The van der Waals surface area contributed by atoms with Gasteiger partial charge in [0.15, 0.2) is 0 Å². The monoisotopic (exact) mass is 448 g/mol. The molecular weight excluding hydrogens is 420 g/mol. The first kappa shape index (κ1) is 21.8. The molecule has 2 fully saturated rings. The number of benzene rings is 3. The van der Waals surface area contributed by atoms with Gasteiger partial charge in [0.2, 0.25) is 0 Å². The molecule has 172 valence electrons. The number of ether oxygens (including phenoxy) is 6. The standard InChI is InChI=1S/C27H28O6/c1-28-12-13-29-23-10-11-26(27(14-23)33-18-25-17-32-25)21-4-2-19(3-5-21)20-6-8-22(9-7-20)30-15-24-16-31-24/h2-11,14,24-25H,12-13,15-18H2,1H3. The van der Waals surface area contributed by atoms with Gasteiger partial charge in [0.25, 0.3) is 0 Å². The first-order valence-electron chi connectivity index (χ1n) is 11.2. The highest BCUT2D eigenvalue weighted by molar-refractivity contribution is 5.75. The van der Waals surface area contributed by atoms with Crippen molar-refractivity contribution >= 4 is 0 Å². The minimum atomic E-state index is 0.182. The van der Waals surface area contributed by atoms with Gasteiger partial charge < -0.3 is 28.4 Å². The fraction of sp³-hybridized carbons (Fsp3) is 0.333. The van der Waals surface area contributed by atoms with Crippen LogP contribution in [0.25, 0.3) is 22.3 Å². The van der Waals surface area contributed by atoms with Crippen molar-refractivity contribution in [2.24, 2.45) is 0 Å². The van der Waals surface area contributed by atoms with Gasteiger partial charge in [0.1, 0.15) is 49.3 Å². The summed E-state index contributed by atoms with van der Waals surface area (Å²) in [6.45, 7) is 3.74. The van der Waals surface area contributed by atoms with Gasteiger partial charge in [-0.25, -0.2) is 0 Å². The summed E-state index contributed by atoms with van der Waals surface area (Å²) in [5.41, 5.74) is 4.38. The van der Waals surface area contributed by atoms with Crippen LogP contribution < -0.4 is 14.2 Å². The Balaban J connectivity index is 1.30. The van der Waals surface area contributed by atoms with Crippen LogP contribution in [0.5, 0.6) is 17.2 Å². The lowest BCUT2D eigenvalue weighted by Crippen LogP contribution is -2.07. The lowest BCUT2D eigenvalue weighted by atomic mass is 9.99. The van der Waals surface area contributed by atoms with Gasteiger partial charge in [0.05, 0.1) is 19.8 Å². The van der Waals surface area contributed by atoms with Crippen LogP contribution in [0.2, 0.25) is 0 Å². The molecule has 2 aliphatic heterocycles.